The lowest BCUT2D eigenvalue weighted by atomic mass is 9.89. The summed E-state index contributed by atoms with van der Waals surface area (Å²) in [6.45, 7) is 4.64. The number of piperidine rings is 1. The van der Waals surface area contributed by atoms with Gasteiger partial charge in [0.25, 0.3) is 0 Å². The Morgan fingerprint density at radius 1 is 1.35 bits per heavy atom. The minimum atomic E-state index is -0.959. The average Bonchev–Trinajstić information content (AvgIpc) is 2.91. The van der Waals surface area contributed by atoms with Gasteiger partial charge in [-0.3, -0.25) is 14.4 Å². The van der Waals surface area contributed by atoms with E-state index in [1.165, 1.54) is 5.56 Å². The van der Waals surface area contributed by atoms with Gasteiger partial charge in [0.15, 0.2) is 0 Å². The van der Waals surface area contributed by atoms with Gasteiger partial charge in [-0.15, -0.1) is 0 Å². The highest BCUT2D eigenvalue weighted by Crippen LogP contribution is 2.25. The van der Waals surface area contributed by atoms with Crippen molar-refractivity contribution in [1.29, 1.82) is 0 Å². The second kappa shape index (κ2) is 8.01. The highest BCUT2D eigenvalue weighted by molar-refractivity contribution is 5.77. The first-order chi connectivity index (χ1) is 12.4. The van der Waals surface area contributed by atoms with Gasteiger partial charge in [0.05, 0.1) is 30.0 Å². The number of amides is 1. The molecule has 1 atom stereocenters. The number of aryl methyl sites for hydroxylation is 2. The number of hydrogen-bond donors (Lipinski definition) is 2. The molecule has 3 rings (SSSR count). The highest BCUT2D eigenvalue weighted by Gasteiger charge is 2.35. The number of carbonyl (C=O) groups excluding carboxylic acids is 1. The summed E-state index contributed by atoms with van der Waals surface area (Å²) in [5.74, 6) is -0.118. The maximum Gasteiger partial charge on any atom is 0.223 e. The lowest BCUT2D eigenvalue weighted by Gasteiger charge is -2.39. The number of nitrogens with zero attached hydrogens (tertiary/aromatic N) is 3. The lowest BCUT2D eigenvalue weighted by molar-refractivity contribution is -0.129. The van der Waals surface area contributed by atoms with Crippen LogP contribution in [0.1, 0.15) is 36.2 Å². The van der Waals surface area contributed by atoms with E-state index < -0.39 is 5.60 Å². The molecule has 0 bridgehead atoms. The maximum absolute atomic E-state index is 12.4. The van der Waals surface area contributed by atoms with Crippen molar-refractivity contribution < 1.29 is 9.90 Å². The molecular formula is C20H28N4O2. The van der Waals surface area contributed by atoms with Crippen LogP contribution in [0.2, 0.25) is 0 Å². The van der Waals surface area contributed by atoms with Crippen molar-refractivity contribution in [2.45, 2.75) is 44.9 Å². The van der Waals surface area contributed by atoms with Crippen molar-refractivity contribution in [2.24, 2.45) is 7.05 Å². The van der Waals surface area contributed by atoms with Gasteiger partial charge < -0.3 is 10.4 Å². The summed E-state index contributed by atoms with van der Waals surface area (Å²) in [5, 5.41) is 18.1. The highest BCUT2D eigenvalue weighted by atomic mass is 16.3. The summed E-state index contributed by atoms with van der Waals surface area (Å²) < 4.78 is 1.77. The molecule has 1 amide bonds. The molecule has 0 radical (unpaired) electrons. The van der Waals surface area contributed by atoms with Crippen LogP contribution in [0.3, 0.4) is 0 Å². The van der Waals surface area contributed by atoms with Crippen molar-refractivity contribution in [3.05, 3.63) is 53.3 Å². The zero-order valence-electron chi connectivity index (χ0n) is 15.6. The number of carbonyl (C=O) groups is 1. The van der Waals surface area contributed by atoms with E-state index in [1.54, 1.807) is 4.68 Å². The molecule has 0 spiro atoms. The van der Waals surface area contributed by atoms with Gasteiger partial charge in [-0.25, -0.2) is 0 Å². The third-order valence-electron chi connectivity index (χ3n) is 4.94. The Hall–Kier alpha value is -2.18. The van der Waals surface area contributed by atoms with Crippen molar-refractivity contribution >= 4 is 5.91 Å². The predicted octanol–water partition coefficient (Wildman–Crippen LogP) is 1.76. The smallest absolute Gasteiger partial charge is 0.223 e. The average molecular weight is 356 g/mol. The van der Waals surface area contributed by atoms with Crippen LogP contribution in [0.15, 0.2) is 36.4 Å². The van der Waals surface area contributed by atoms with Crippen LogP contribution >= 0.6 is 0 Å². The van der Waals surface area contributed by atoms with Crippen LogP contribution in [0.25, 0.3) is 0 Å². The SMILES string of the molecule is Cc1cc(CNC(=O)CC2(O)CCCN(Cc3ccccc3)C2)n(C)n1. The Kier molecular flexibility index (Phi) is 5.74. The number of benzene rings is 1. The minimum absolute atomic E-state index is 0.118. The van der Waals surface area contributed by atoms with Gasteiger partial charge in [0, 0.05) is 20.1 Å². The summed E-state index contributed by atoms with van der Waals surface area (Å²) in [5.41, 5.74) is 2.16. The third-order valence-corrected chi connectivity index (χ3v) is 4.94. The van der Waals surface area contributed by atoms with Gasteiger partial charge in [-0.05, 0) is 37.9 Å². The van der Waals surface area contributed by atoms with Crippen LogP contribution in [-0.4, -0.2) is 44.4 Å². The largest absolute Gasteiger partial charge is 0.388 e. The lowest BCUT2D eigenvalue weighted by Crippen LogP contribution is -2.50. The molecule has 6 nitrogen and oxygen atoms in total. The fourth-order valence-corrected chi connectivity index (χ4v) is 3.71. The standard InChI is InChI=1S/C20H28N4O2/c1-16-11-18(23(2)22-16)13-21-19(25)12-20(26)9-6-10-24(15-20)14-17-7-4-3-5-8-17/h3-5,7-8,11,26H,6,9-10,12-15H2,1-2H3,(H,21,25). The molecule has 2 heterocycles. The molecular weight excluding hydrogens is 328 g/mol. The maximum atomic E-state index is 12.4. The fraction of sp³-hybridized carbons (Fsp3) is 0.500. The number of β-amino-alcohol motifs (C(OH)–C–C–N with tert-alkyl or cyclic N) is 1. The topological polar surface area (TPSA) is 70.4 Å². The van der Waals surface area contributed by atoms with E-state index in [-0.39, 0.29) is 12.3 Å². The first kappa shape index (κ1) is 18.6. The zero-order chi connectivity index (χ0) is 18.6. The molecule has 1 aromatic carbocycles. The number of likely N-dealkylation sites (tertiary alicyclic amines) is 1. The number of aliphatic hydroxyl groups is 1. The van der Waals surface area contributed by atoms with Gasteiger partial charge >= 0.3 is 0 Å². The van der Waals surface area contributed by atoms with Crippen molar-refractivity contribution in [3.8, 4) is 0 Å². The van der Waals surface area contributed by atoms with Gasteiger partial charge in [0.1, 0.15) is 0 Å². The van der Waals surface area contributed by atoms with Crippen molar-refractivity contribution in [2.75, 3.05) is 13.1 Å². The van der Waals surface area contributed by atoms with E-state index in [4.69, 9.17) is 0 Å². The third kappa shape index (κ3) is 4.93. The Morgan fingerprint density at radius 3 is 2.81 bits per heavy atom. The summed E-state index contributed by atoms with van der Waals surface area (Å²) in [4.78, 5) is 14.6. The molecule has 1 aliphatic rings. The Balaban J connectivity index is 1.52. The summed E-state index contributed by atoms with van der Waals surface area (Å²) >= 11 is 0. The normalized spacial score (nSPS) is 20.9. The number of hydrogen-bond acceptors (Lipinski definition) is 4. The van der Waals surface area contributed by atoms with E-state index >= 15 is 0 Å². The molecule has 6 heteroatoms. The number of rotatable bonds is 6. The van der Waals surface area contributed by atoms with E-state index in [0.717, 1.165) is 30.9 Å². The molecule has 0 saturated carbocycles. The molecule has 1 saturated heterocycles. The second-order valence-corrected chi connectivity index (χ2v) is 7.38. The zero-order valence-corrected chi connectivity index (χ0v) is 15.6. The Morgan fingerprint density at radius 2 is 2.12 bits per heavy atom. The molecule has 1 unspecified atom stereocenters. The number of aromatic nitrogens is 2. The molecule has 1 aromatic heterocycles. The Labute approximate surface area is 154 Å². The first-order valence-electron chi connectivity index (χ1n) is 9.18. The van der Waals surface area contributed by atoms with Gasteiger partial charge in [-0.1, -0.05) is 30.3 Å². The van der Waals surface area contributed by atoms with E-state index in [0.29, 0.717) is 19.5 Å². The molecule has 2 N–H and O–H groups in total. The number of nitrogens with one attached hydrogen (secondary N) is 1. The molecule has 1 aliphatic heterocycles. The predicted molar refractivity (Wildman–Crippen MR) is 100 cm³/mol. The molecule has 1 fully saturated rings. The van der Waals surface area contributed by atoms with Crippen molar-refractivity contribution in [3.63, 3.8) is 0 Å². The van der Waals surface area contributed by atoms with E-state index in [2.05, 4.69) is 27.4 Å². The summed E-state index contributed by atoms with van der Waals surface area (Å²) in [6.07, 6.45) is 1.70. The first-order valence-corrected chi connectivity index (χ1v) is 9.18. The van der Waals surface area contributed by atoms with E-state index in [1.807, 2.05) is 38.2 Å². The van der Waals surface area contributed by atoms with Gasteiger partial charge in [-0.2, -0.15) is 5.10 Å². The quantitative estimate of drug-likeness (QED) is 0.827. The van der Waals surface area contributed by atoms with Crippen LogP contribution in [0.5, 0.6) is 0 Å². The van der Waals surface area contributed by atoms with Gasteiger partial charge in [0.2, 0.25) is 5.91 Å². The molecule has 26 heavy (non-hydrogen) atoms. The molecule has 140 valence electrons. The molecule has 2 aromatic rings. The summed E-state index contributed by atoms with van der Waals surface area (Å²) in [7, 11) is 1.87. The van der Waals surface area contributed by atoms with Crippen LogP contribution in [-0.2, 0) is 24.9 Å². The Bertz CT molecular complexity index is 744. The second-order valence-electron chi connectivity index (χ2n) is 7.38. The summed E-state index contributed by atoms with van der Waals surface area (Å²) in [6, 6.07) is 12.2. The fourth-order valence-electron chi connectivity index (χ4n) is 3.71. The van der Waals surface area contributed by atoms with Crippen LogP contribution in [0.4, 0.5) is 0 Å². The van der Waals surface area contributed by atoms with E-state index in [9.17, 15) is 9.90 Å². The van der Waals surface area contributed by atoms with Crippen molar-refractivity contribution in [1.82, 2.24) is 20.0 Å². The molecule has 0 aliphatic carbocycles. The van der Waals surface area contributed by atoms with Crippen LogP contribution in [0, 0.1) is 6.92 Å². The minimum Gasteiger partial charge on any atom is -0.388 e. The monoisotopic (exact) mass is 356 g/mol. The van der Waals surface area contributed by atoms with Crippen LogP contribution < -0.4 is 5.32 Å².